The molecule has 108 valence electrons. The average molecular weight is 287 g/mol. The number of ether oxygens (including phenoxy) is 1. The predicted molar refractivity (Wildman–Crippen MR) is 63.8 cm³/mol. The Hall–Kier alpha value is -2.30. The van der Waals surface area contributed by atoms with E-state index < -0.39 is 23.4 Å². The molecule has 1 amide bonds. The molecule has 5 nitrogen and oxygen atoms in total. The molecule has 0 spiro atoms. The van der Waals surface area contributed by atoms with Gasteiger partial charge in [0.15, 0.2) is 5.69 Å². The molecule has 0 saturated carbocycles. The Balaban J connectivity index is 3.04. The van der Waals surface area contributed by atoms with Crippen molar-refractivity contribution in [1.82, 2.24) is 4.98 Å². The number of alkyl halides is 3. The van der Waals surface area contributed by atoms with E-state index in [1.165, 1.54) is 0 Å². The maximum atomic E-state index is 12.5. The lowest BCUT2D eigenvalue weighted by Crippen LogP contribution is -2.27. The smallest absolute Gasteiger partial charge is 0.417 e. The van der Waals surface area contributed by atoms with Crippen molar-refractivity contribution in [3.05, 3.63) is 23.5 Å². The van der Waals surface area contributed by atoms with Crippen LogP contribution in [0.2, 0.25) is 0 Å². The van der Waals surface area contributed by atoms with Crippen molar-refractivity contribution in [2.24, 2.45) is 0 Å². The topological polar surface area (TPSA) is 75.0 Å². The minimum atomic E-state index is -4.62. The molecule has 0 unspecified atom stereocenters. The van der Waals surface area contributed by atoms with Crippen LogP contribution in [0.15, 0.2) is 12.3 Å². The number of amides is 1. The molecule has 0 radical (unpaired) electrons. The number of aromatic nitrogens is 1. The molecule has 20 heavy (non-hydrogen) atoms. The summed E-state index contributed by atoms with van der Waals surface area (Å²) < 4.78 is 42.5. The molecular formula is C12H12F3N3O2. The summed E-state index contributed by atoms with van der Waals surface area (Å²) in [5, 5.41) is 10.9. The summed E-state index contributed by atoms with van der Waals surface area (Å²) in [6, 6.07) is 2.23. The fourth-order valence-electron chi connectivity index (χ4n) is 1.22. The van der Waals surface area contributed by atoms with E-state index in [0.717, 1.165) is 0 Å². The Morgan fingerprint density at radius 2 is 2.00 bits per heavy atom. The van der Waals surface area contributed by atoms with E-state index in [1.54, 1.807) is 26.8 Å². The van der Waals surface area contributed by atoms with Gasteiger partial charge in [0.05, 0.1) is 11.3 Å². The molecule has 0 atom stereocenters. The number of hydrogen-bond acceptors (Lipinski definition) is 4. The van der Waals surface area contributed by atoms with Crippen LogP contribution >= 0.6 is 0 Å². The monoisotopic (exact) mass is 287 g/mol. The van der Waals surface area contributed by atoms with E-state index in [2.05, 4.69) is 10.3 Å². The number of carbonyl (C=O) groups is 1. The zero-order valence-electron chi connectivity index (χ0n) is 11.0. The molecule has 0 aliphatic heterocycles. The standard InChI is InChI=1S/C12H12F3N3O2/c1-11(2,3)20-10(19)18-8-4-7(12(13,14)15)6-17-9(8)5-16/h4,6H,1-3H3,(H,18,19). The highest BCUT2D eigenvalue weighted by atomic mass is 19.4. The quantitative estimate of drug-likeness (QED) is 0.859. The third-order valence-corrected chi connectivity index (χ3v) is 1.96. The van der Waals surface area contributed by atoms with Crippen LogP contribution in [0.5, 0.6) is 0 Å². The lowest BCUT2D eigenvalue weighted by molar-refractivity contribution is -0.137. The minimum absolute atomic E-state index is 0.330. The predicted octanol–water partition coefficient (Wildman–Crippen LogP) is 3.32. The minimum Gasteiger partial charge on any atom is -0.444 e. The van der Waals surface area contributed by atoms with Gasteiger partial charge in [-0.3, -0.25) is 5.32 Å². The zero-order chi connectivity index (χ0) is 15.6. The van der Waals surface area contributed by atoms with E-state index in [4.69, 9.17) is 10.00 Å². The van der Waals surface area contributed by atoms with E-state index in [0.29, 0.717) is 12.3 Å². The van der Waals surface area contributed by atoms with Crippen LogP contribution in [0.1, 0.15) is 32.0 Å². The van der Waals surface area contributed by atoms with E-state index in [1.807, 2.05) is 0 Å². The van der Waals surface area contributed by atoms with Crippen molar-refractivity contribution in [3.8, 4) is 6.07 Å². The first-order valence-electron chi connectivity index (χ1n) is 5.50. The Morgan fingerprint density at radius 1 is 1.40 bits per heavy atom. The van der Waals surface area contributed by atoms with Gasteiger partial charge in [0.25, 0.3) is 0 Å². The van der Waals surface area contributed by atoms with Gasteiger partial charge in [0, 0.05) is 6.20 Å². The normalized spacial score (nSPS) is 11.7. The van der Waals surface area contributed by atoms with Crippen LogP contribution in [0.4, 0.5) is 23.7 Å². The third kappa shape index (κ3) is 4.42. The Kier molecular flexibility index (Phi) is 4.23. The fraction of sp³-hybridized carbons (Fsp3) is 0.417. The van der Waals surface area contributed by atoms with Crippen molar-refractivity contribution in [2.75, 3.05) is 5.32 Å². The van der Waals surface area contributed by atoms with Crippen LogP contribution in [-0.4, -0.2) is 16.7 Å². The highest BCUT2D eigenvalue weighted by molar-refractivity contribution is 5.86. The fourth-order valence-corrected chi connectivity index (χ4v) is 1.22. The summed E-state index contributed by atoms with van der Waals surface area (Å²) in [6.07, 6.45) is -5.06. The summed E-state index contributed by atoms with van der Waals surface area (Å²) in [5.74, 6) is 0. The molecule has 0 fully saturated rings. The van der Waals surface area contributed by atoms with Gasteiger partial charge in [-0.2, -0.15) is 18.4 Å². The van der Waals surface area contributed by atoms with Gasteiger partial charge in [-0.05, 0) is 26.8 Å². The lowest BCUT2D eigenvalue weighted by atomic mass is 10.2. The number of pyridine rings is 1. The Morgan fingerprint density at radius 3 is 2.45 bits per heavy atom. The molecule has 0 aliphatic rings. The van der Waals surface area contributed by atoms with Gasteiger partial charge >= 0.3 is 12.3 Å². The lowest BCUT2D eigenvalue weighted by Gasteiger charge is -2.20. The molecule has 1 heterocycles. The summed E-state index contributed by atoms with van der Waals surface area (Å²) in [6.45, 7) is 4.80. The van der Waals surface area contributed by atoms with Crippen molar-refractivity contribution in [1.29, 1.82) is 5.26 Å². The summed E-state index contributed by atoms with van der Waals surface area (Å²) in [5.41, 5.74) is -2.56. The highest BCUT2D eigenvalue weighted by Gasteiger charge is 2.32. The first-order chi connectivity index (χ1) is 9.03. The molecule has 0 saturated heterocycles. The van der Waals surface area contributed by atoms with E-state index in [9.17, 15) is 18.0 Å². The molecule has 1 rings (SSSR count). The molecular weight excluding hydrogens is 275 g/mol. The number of hydrogen-bond donors (Lipinski definition) is 1. The highest BCUT2D eigenvalue weighted by Crippen LogP contribution is 2.31. The molecule has 1 N–H and O–H groups in total. The van der Waals surface area contributed by atoms with Crippen LogP contribution in [0.3, 0.4) is 0 Å². The van der Waals surface area contributed by atoms with Crippen molar-refractivity contribution < 1.29 is 22.7 Å². The summed E-state index contributed by atoms with van der Waals surface area (Å²) in [4.78, 5) is 14.9. The van der Waals surface area contributed by atoms with Gasteiger partial charge in [-0.25, -0.2) is 9.78 Å². The second kappa shape index (κ2) is 5.36. The summed E-state index contributed by atoms with van der Waals surface area (Å²) >= 11 is 0. The Labute approximate surface area is 113 Å². The van der Waals surface area contributed by atoms with Crippen LogP contribution in [0.25, 0.3) is 0 Å². The number of nitrogens with zero attached hydrogens (tertiary/aromatic N) is 2. The molecule has 1 aromatic rings. The number of carbonyl (C=O) groups excluding carboxylic acids is 1. The number of nitrogens with one attached hydrogen (secondary N) is 1. The van der Waals surface area contributed by atoms with Gasteiger partial charge in [0.1, 0.15) is 11.7 Å². The first kappa shape index (κ1) is 15.8. The molecule has 0 bridgehead atoms. The first-order valence-corrected chi connectivity index (χ1v) is 5.50. The maximum absolute atomic E-state index is 12.5. The number of anilines is 1. The molecule has 0 aliphatic carbocycles. The number of halogens is 3. The van der Waals surface area contributed by atoms with Crippen LogP contribution in [0, 0.1) is 11.3 Å². The van der Waals surface area contributed by atoms with Crippen molar-refractivity contribution >= 4 is 11.8 Å². The van der Waals surface area contributed by atoms with Crippen LogP contribution < -0.4 is 5.32 Å². The number of rotatable bonds is 1. The zero-order valence-corrected chi connectivity index (χ0v) is 11.0. The third-order valence-electron chi connectivity index (χ3n) is 1.96. The van der Waals surface area contributed by atoms with Gasteiger partial charge in [-0.15, -0.1) is 0 Å². The van der Waals surface area contributed by atoms with E-state index >= 15 is 0 Å². The average Bonchev–Trinajstić information content (AvgIpc) is 2.24. The van der Waals surface area contributed by atoms with Gasteiger partial charge < -0.3 is 4.74 Å². The summed E-state index contributed by atoms with van der Waals surface area (Å²) in [7, 11) is 0. The molecule has 1 aromatic heterocycles. The SMILES string of the molecule is CC(C)(C)OC(=O)Nc1cc(C(F)(F)F)cnc1C#N. The second-order valence-corrected chi connectivity index (χ2v) is 4.86. The Bertz CT molecular complexity index is 557. The number of nitriles is 1. The molecule has 8 heteroatoms. The van der Waals surface area contributed by atoms with Gasteiger partial charge in [0.2, 0.25) is 0 Å². The largest absolute Gasteiger partial charge is 0.444 e. The van der Waals surface area contributed by atoms with Crippen LogP contribution in [-0.2, 0) is 10.9 Å². The van der Waals surface area contributed by atoms with Crippen molar-refractivity contribution in [3.63, 3.8) is 0 Å². The van der Waals surface area contributed by atoms with Gasteiger partial charge in [-0.1, -0.05) is 0 Å². The van der Waals surface area contributed by atoms with Crippen molar-refractivity contribution in [2.45, 2.75) is 32.5 Å². The maximum Gasteiger partial charge on any atom is 0.417 e. The van der Waals surface area contributed by atoms with E-state index in [-0.39, 0.29) is 11.4 Å². The second-order valence-electron chi connectivity index (χ2n) is 4.86. The molecule has 0 aromatic carbocycles.